The van der Waals surface area contributed by atoms with Gasteiger partial charge in [-0.05, 0) is 32.4 Å². The lowest BCUT2D eigenvalue weighted by molar-refractivity contribution is 0.0102. The highest BCUT2D eigenvalue weighted by Crippen LogP contribution is 2.24. The molecule has 98 valence electrons. The lowest BCUT2D eigenvalue weighted by Gasteiger charge is -2.26. The summed E-state index contributed by atoms with van der Waals surface area (Å²) in [7, 11) is 1.73. The summed E-state index contributed by atoms with van der Waals surface area (Å²) in [5.74, 6) is 0. The summed E-state index contributed by atoms with van der Waals surface area (Å²) in [6.45, 7) is 4.12. The molecule has 1 unspecified atom stereocenters. The van der Waals surface area contributed by atoms with Crippen molar-refractivity contribution in [2.45, 2.75) is 38.3 Å². The first-order valence-corrected chi connectivity index (χ1v) is 6.97. The monoisotopic (exact) mass is 264 g/mol. The van der Waals surface area contributed by atoms with Crippen molar-refractivity contribution in [2.75, 3.05) is 7.11 Å². The second-order valence-electron chi connectivity index (χ2n) is 5.21. The fraction of sp³-hybridized carbons (Fsp3) is 0.500. The summed E-state index contributed by atoms with van der Waals surface area (Å²) >= 11 is 1.73. The molecule has 1 aromatic carbocycles. The minimum Gasteiger partial charge on any atom is -0.379 e. The van der Waals surface area contributed by atoms with Crippen molar-refractivity contribution in [2.24, 2.45) is 5.73 Å². The smallest absolute Gasteiger partial charge is 0.0954 e. The van der Waals surface area contributed by atoms with Crippen molar-refractivity contribution in [3.05, 3.63) is 29.3 Å². The van der Waals surface area contributed by atoms with Crippen LogP contribution in [0.2, 0.25) is 0 Å². The van der Waals surface area contributed by atoms with Crippen LogP contribution in [0.5, 0.6) is 0 Å². The molecular formula is C14H20N2OS. The van der Waals surface area contributed by atoms with Gasteiger partial charge >= 0.3 is 0 Å². The Morgan fingerprint density at radius 2 is 2.11 bits per heavy atom. The molecule has 0 radical (unpaired) electrons. The van der Waals surface area contributed by atoms with E-state index in [1.54, 1.807) is 18.4 Å². The molecule has 1 heterocycles. The number of nitrogens with zero attached hydrogens (tertiary/aromatic N) is 1. The molecule has 0 bridgehead atoms. The Kier molecular flexibility index (Phi) is 4.00. The van der Waals surface area contributed by atoms with Crippen LogP contribution in [-0.4, -0.2) is 23.7 Å². The summed E-state index contributed by atoms with van der Waals surface area (Å²) in [5, 5.41) is 1.11. The molecule has 0 aliphatic carbocycles. The fourth-order valence-corrected chi connectivity index (χ4v) is 3.08. The minimum absolute atomic E-state index is 0.0838. The van der Waals surface area contributed by atoms with E-state index in [0.29, 0.717) is 0 Å². The van der Waals surface area contributed by atoms with Crippen LogP contribution in [0.15, 0.2) is 24.3 Å². The number of rotatable bonds is 5. The number of fused-ring (bicyclic) bond motifs is 1. The first kappa shape index (κ1) is 13.5. The maximum absolute atomic E-state index is 6.18. The van der Waals surface area contributed by atoms with Gasteiger partial charge in [-0.3, -0.25) is 0 Å². The van der Waals surface area contributed by atoms with Gasteiger partial charge in [0, 0.05) is 19.6 Å². The van der Waals surface area contributed by atoms with Crippen LogP contribution in [0.25, 0.3) is 10.2 Å². The minimum atomic E-state index is -0.171. The van der Waals surface area contributed by atoms with E-state index in [1.807, 2.05) is 18.2 Å². The van der Waals surface area contributed by atoms with Gasteiger partial charge in [-0.1, -0.05) is 12.1 Å². The molecule has 2 rings (SSSR count). The molecule has 0 aliphatic heterocycles. The van der Waals surface area contributed by atoms with Crippen molar-refractivity contribution >= 4 is 21.6 Å². The quantitative estimate of drug-likeness (QED) is 0.903. The highest BCUT2D eigenvalue weighted by atomic mass is 32.1. The Morgan fingerprint density at radius 1 is 1.39 bits per heavy atom. The van der Waals surface area contributed by atoms with Gasteiger partial charge in [0.05, 0.1) is 20.8 Å². The van der Waals surface area contributed by atoms with Gasteiger partial charge < -0.3 is 10.5 Å². The van der Waals surface area contributed by atoms with E-state index < -0.39 is 0 Å². The summed E-state index contributed by atoms with van der Waals surface area (Å²) in [5.41, 5.74) is 7.07. The molecule has 0 spiro atoms. The number of para-hydroxylation sites is 1. The SMILES string of the molecule is COC(C)(C)CC(N)Cc1nc2ccccc2s1. The second-order valence-corrected chi connectivity index (χ2v) is 6.32. The van der Waals surface area contributed by atoms with E-state index in [0.717, 1.165) is 23.4 Å². The van der Waals surface area contributed by atoms with E-state index in [2.05, 4.69) is 24.9 Å². The third-order valence-electron chi connectivity index (χ3n) is 3.08. The molecule has 2 aromatic rings. The summed E-state index contributed by atoms with van der Waals surface area (Å²) in [6.07, 6.45) is 1.64. The Bertz CT molecular complexity index is 488. The first-order valence-electron chi connectivity index (χ1n) is 6.15. The zero-order valence-corrected chi connectivity index (χ0v) is 12.0. The molecule has 1 aromatic heterocycles. The van der Waals surface area contributed by atoms with Crippen molar-refractivity contribution < 1.29 is 4.74 Å². The first-order chi connectivity index (χ1) is 8.50. The van der Waals surface area contributed by atoms with Crippen LogP contribution >= 0.6 is 11.3 Å². The molecule has 2 N–H and O–H groups in total. The number of hydrogen-bond acceptors (Lipinski definition) is 4. The number of thiazole rings is 1. The average molecular weight is 264 g/mol. The molecule has 4 heteroatoms. The summed E-state index contributed by atoms with van der Waals surface area (Å²) in [4.78, 5) is 4.61. The van der Waals surface area contributed by atoms with E-state index >= 15 is 0 Å². The number of benzene rings is 1. The van der Waals surface area contributed by atoms with Gasteiger partial charge in [-0.2, -0.15) is 0 Å². The Labute approximate surface area is 112 Å². The van der Waals surface area contributed by atoms with E-state index in [1.165, 1.54) is 4.70 Å². The van der Waals surface area contributed by atoms with Crippen LogP contribution in [0.3, 0.4) is 0 Å². The zero-order valence-electron chi connectivity index (χ0n) is 11.1. The van der Waals surface area contributed by atoms with Gasteiger partial charge in [0.1, 0.15) is 0 Å². The van der Waals surface area contributed by atoms with Gasteiger partial charge in [-0.15, -0.1) is 11.3 Å². The predicted octanol–water partition coefficient (Wildman–Crippen LogP) is 2.98. The van der Waals surface area contributed by atoms with E-state index in [9.17, 15) is 0 Å². The Balaban J connectivity index is 2.05. The lowest BCUT2D eigenvalue weighted by Crippen LogP contribution is -2.35. The number of aromatic nitrogens is 1. The highest BCUT2D eigenvalue weighted by molar-refractivity contribution is 7.18. The summed E-state index contributed by atoms with van der Waals surface area (Å²) in [6, 6.07) is 8.28. The predicted molar refractivity (Wildman–Crippen MR) is 77.0 cm³/mol. The van der Waals surface area contributed by atoms with Gasteiger partial charge in [0.2, 0.25) is 0 Å². The molecule has 0 amide bonds. The van der Waals surface area contributed by atoms with Crippen molar-refractivity contribution in [3.8, 4) is 0 Å². The Morgan fingerprint density at radius 3 is 2.78 bits per heavy atom. The molecule has 0 saturated heterocycles. The maximum atomic E-state index is 6.18. The van der Waals surface area contributed by atoms with Gasteiger partial charge in [0.15, 0.2) is 0 Å². The van der Waals surface area contributed by atoms with Crippen molar-refractivity contribution in [1.82, 2.24) is 4.98 Å². The third kappa shape index (κ3) is 3.28. The second kappa shape index (κ2) is 5.34. The Hall–Kier alpha value is -0.970. The van der Waals surface area contributed by atoms with Gasteiger partial charge in [0.25, 0.3) is 0 Å². The van der Waals surface area contributed by atoms with Crippen LogP contribution in [0.1, 0.15) is 25.3 Å². The fourth-order valence-electron chi connectivity index (χ4n) is 2.02. The summed E-state index contributed by atoms with van der Waals surface area (Å²) < 4.78 is 6.64. The molecule has 0 fully saturated rings. The van der Waals surface area contributed by atoms with Crippen LogP contribution < -0.4 is 5.73 Å². The van der Waals surface area contributed by atoms with Crippen molar-refractivity contribution in [1.29, 1.82) is 0 Å². The van der Waals surface area contributed by atoms with E-state index in [-0.39, 0.29) is 11.6 Å². The number of hydrogen-bond donors (Lipinski definition) is 1. The highest BCUT2D eigenvalue weighted by Gasteiger charge is 2.21. The third-order valence-corrected chi connectivity index (χ3v) is 4.14. The molecule has 18 heavy (non-hydrogen) atoms. The number of nitrogens with two attached hydrogens (primary N) is 1. The van der Waals surface area contributed by atoms with E-state index in [4.69, 9.17) is 10.5 Å². The lowest BCUT2D eigenvalue weighted by atomic mass is 9.97. The maximum Gasteiger partial charge on any atom is 0.0954 e. The molecule has 1 atom stereocenters. The largest absolute Gasteiger partial charge is 0.379 e. The van der Waals surface area contributed by atoms with Crippen molar-refractivity contribution in [3.63, 3.8) is 0 Å². The topological polar surface area (TPSA) is 48.1 Å². The normalized spacial score (nSPS) is 14.0. The molecule has 0 saturated carbocycles. The average Bonchev–Trinajstić information content (AvgIpc) is 2.70. The zero-order chi connectivity index (χ0) is 13.2. The number of methoxy groups -OCH3 is 1. The molecular weight excluding hydrogens is 244 g/mol. The van der Waals surface area contributed by atoms with Crippen LogP contribution in [0, 0.1) is 0 Å². The van der Waals surface area contributed by atoms with Crippen LogP contribution in [0.4, 0.5) is 0 Å². The molecule has 3 nitrogen and oxygen atoms in total. The molecule has 0 aliphatic rings. The standard InChI is InChI=1S/C14H20N2OS/c1-14(2,17-3)9-10(15)8-13-16-11-6-4-5-7-12(11)18-13/h4-7,10H,8-9,15H2,1-3H3. The van der Waals surface area contributed by atoms with Crippen LogP contribution in [-0.2, 0) is 11.2 Å². The van der Waals surface area contributed by atoms with Gasteiger partial charge in [-0.25, -0.2) is 4.98 Å². The number of ether oxygens (including phenoxy) is 1.